The van der Waals surface area contributed by atoms with Gasteiger partial charge in [0, 0.05) is 5.41 Å². The Balaban J connectivity index is 1.53. The molecule has 0 aromatic carbocycles. The topological polar surface area (TPSA) is 80.7 Å². The van der Waals surface area contributed by atoms with Crippen LogP contribution in [0.5, 0.6) is 0 Å². The first-order chi connectivity index (χ1) is 14.2. The SMILES string of the molecule is CC1CCC(C23CC4CC(CC(COC(=O)C(F)(C(F)(F)F)S(=O)(=O)O)(C4)C2)C3)CC1. The van der Waals surface area contributed by atoms with E-state index < -0.39 is 39.3 Å². The number of hydrogen-bond donors (Lipinski definition) is 1. The fraction of sp³-hybridized carbons (Fsp3) is 0.952. The molecule has 1 N–H and O–H groups in total. The molecular formula is C21H30F4O5S. The summed E-state index contributed by atoms with van der Waals surface area (Å²) in [5.41, 5.74) is -0.467. The lowest BCUT2D eigenvalue weighted by molar-refractivity contribution is -0.221. The number of esters is 1. The predicted molar refractivity (Wildman–Crippen MR) is 103 cm³/mol. The number of carbonyl (C=O) groups is 1. The van der Waals surface area contributed by atoms with E-state index in [1.54, 1.807) is 0 Å². The minimum Gasteiger partial charge on any atom is -0.462 e. The van der Waals surface area contributed by atoms with Crippen molar-refractivity contribution in [3.8, 4) is 0 Å². The molecule has 5 saturated carbocycles. The van der Waals surface area contributed by atoms with Crippen LogP contribution in [-0.4, -0.2) is 36.7 Å². The zero-order valence-electron chi connectivity index (χ0n) is 17.6. The summed E-state index contributed by atoms with van der Waals surface area (Å²) in [7, 11) is -6.40. The zero-order valence-corrected chi connectivity index (χ0v) is 18.4. The number of ether oxygens (including phenoxy) is 1. The van der Waals surface area contributed by atoms with Gasteiger partial charge >= 0.3 is 27.3 Å². The second kappa shape index (κ2) is 7.30. The number of hydrogen-bond acceptors (Lipinski definition) is 4. The summed E-state index contributed by atoms with van der Waals surface area (Å²) < 4.78 is 89.2. The van der Waals surface area contributed by atoms with E-state index >= 15 is 0 Å². The van der Waals surface area contributed by atoms with Gasteiger partial charge in [0.25, 0.3) is 0 Å². The molecular weight excluding hydrogens is 440 g/mol. The molecule has 4 bridgehead atoms. The molecule has 5 aliphatic carbocycles. The normalized spacial score (nSPS) is 42.3. The van der Waals surface area contributed by atoms with Crippen molar-refractivity contribution in [3.63, 3.8) is 0 Å². The monoisotopic (exact) mass is 470 g/mol. The van der Waals surface area contributed by atoms with Crippen molar-refractivity contribution in [1.29, 1.82) is 0 Å². The molecule has 5 rings (SSSR count). The minimum atomic E-state index is -6.40. The van der Waals surface area contributed by atoms with Gasteiger partial charge in [-0.25, -0.2) is 9.18 Å². The van der Waals surface area contributed by atoms with E-state index in [1.165, 1.54) is 0 Å². The third-order valence-electron chi connectivity index (χ3n) is 8.60. The molecule has 10 heteroatoms. The molecule has 178 valence electrons. The highest BCUT2D eigenvalue weighted by molar-refractivity contribution is 7.88. The minimum absolute atomic E-state index is 0.0799. The maximum Gasteiger partial charge on any atom is 0.451 e. The fourth-order valence-electron chi connectivity index (χ4n) is 7.72. The van der Waals surface area contributed by atoms with Gasteiger partial charge in [-0.1, -0.05) is 19.8 Å². The van der Waals surface area contributed by atoms with Crippen molar-refractivity contribution >= 4 is 16.1 Å². The molecule has 3 atom stereocenters. The molecule has 0 radical (unpaired) electrons. The smallest absolute Gasteiger partial charge is 0.451 e. The van der Waals surface area contributed by atoms with Crippen molar-refractivity contribution in [2.45, 2.75) is 82.3 Å². The molecule has 5 aliphatic rings. The van der Waals surface area contributed by atoms with Crippen LogP contribution in [0.4, 0.5) is 17.6 Å². The van der Waals surface area contributed by atoms with Gasteiger partial charge in [-0.3, -0.25) is 4.55 Å². The summed E-state index contributed by atoms with van der Waals surface area (Å²) in [6.07, 6.45) is 3.76. The first-order valence-corrected chi connectivity index (χ1v) is 12.5. The van der Waals surface area contributed by atoms with Crippen molar-refractivity contribution < 1.29 is 40.1 Å². The van der Waals surface area contributed by atoms with Gasteiger partial charge in [0.15, 0.2) is 0 Å². The van der Waals surface area contributed by atoms with Gasteiger partial charge in [0.2, 0.25) is 0 Å². The highest BCUT2D eigenvalue weighted by Crippen LogP contribution is 2.69. The Morgan fingerprint density at radius 2 is 1.58 bits per heavy atom. The Kier molecular flexibility index (Phi) is 5.48. The van der Waals surface area contributed by atoms with Gasteiger partial charge in [0.1, 0.15) is 0 Å². The van der Waals surface area contributed by atoms with E-state index in [9.17, 15) is 30.8 Å². The fourth-order valence-corrected chi connectivity index (χ4v) is 8.29. The number of alkyl halides is 4. The maximum atomic E-state index is 14.3. The quantitative estimate of drug-likeness (QED) is 0.345. The van der Waals surface area contributed by atoms with Crippen LogP contribution in [0.3, 0.4) is 0 Å². The van der Waals surface area contributed by atoms with Crippen LogP contribution in [0.25, 0.3) is 0 Å². The van der Waals surface area contributed by atoms with E-state index in [2.05, 4.69) is 6.92 Å². The van der Waals surface area contributed by atoms with Crippen LogP contribution in [0, 0.1) is 34.5 Å². The molecule has 0 aromatic rings. The molecule has 0 saturated heterocycles. The van der Waals surface area contributed by atoms with Crippen molar-refractivity contribution in [3.05, 3.63) is 0 Å². The molecule has 0 heterocycles. The summed E-state index contributed by atoms with van der Waals surface area (Å²) in [6.45, 7) is 1.80. The predicted octanol–water partition coefficient (Wildman–Crippen LogP) is 5.06. The number of rotatable bonds is 5. The van der Waals surface area contributed by atoms with Gasteiger partial charge < -0.3 is 4.74 Å². The average Bonchev–Trinajstić information content (AvgIpc) is 2.63. The molecule has 5 fully saturated rings. The van der Waals surface area contributed by atoms with E-state index in [0.29, 0.717) is 36.5 Å². The summed E-state index contributed by atoms with van der Waals surface area (Å²) in [4.78, 5) is 12.0. The molecule has 3 unspecified atom stereocenters. The Morgan fingerprint density at radius 3 is 2.06 bits per heavy atom. The second-order valence-electron chi connectivity index (χ2n) is 10.9. The standard InChI is InChI=1S/C21H30F4O5S/c1-13-2-4-16(5-3-13)19-9-14-6-15(10-19)8-18(7-14,11-19)12-30-17(26)20(22,21(23,24)25)31(27,28)29/h13-16H,2-12H2,1H3,(H,27,28,29). The van der Waals surface area contributed by atoms with Crippen LogP contribution in [-0.2, 0) is 19.6 Å². The van der Waals surface area contributed by atoms with E-state index in [4.69, 9.17) is 9.29 Å². The van der Waals surface area contributed by atoms with Crippen molar-refractivity contribution in [1.82, 2.24) is 0 Å². The van der Waals surface area contributed by atoms with Crippen LogP contribution < -0.4 is 0 Å². The first-order valence-electron chi connectivity index (χ1n) is 11.1. The first kappa shape index (κ1) is 23.3. The van der Waals surface area contributed by atoms with Gasteiger partial charge in [-0.2, -0.15) is 21.6 Å². The van der Waals surface area contributed by atoms with E-state index in [0.717, 1.165) is 51.4 Å². The Hall–Kier alpha value is -0.900. The zero-order chi connectivity index (χ0) is 22.9. The van der Waals surface area contributed by atoms with Crippen LogP contribution in [0.2, 0.25) is 0 Å². The highest BCUT2D eigenvalue weighted by atomic mass is 32.2. The number of halogens is 4. The lowest BCUT2D eigenvalue weighted by atomic mass is 9.41. The third-order valence-corrected chi connectivity index (χ3v) is 9.71. The Labute approximate surface area is 180 Å². The molecule has 0 spiro atoms. The summed E-state index contributed by atoms with van der Waals surface area (Å²) >= 11 is 0. The van der Waals surface area contributed by atoms with E-state index in [-0.39, 0.29) is 5.41 Å². The molecule has 0 aliphatic heterocycles. The van der Waals surface area contributed by atoms with Gasteiger partial charge in [-0.05, 0) is 80.5 Å². The Morgan fingerprint density at radius 1 is 1.03 bits per heavy atom. The summed E-state index contributed by atoms with van der Waals surface area (Å²) in [5.74, 6) is -0.561. The summed E-state index contributed by atoms with van der Waals surface area (Å²) in [6, 6.07) is 0. The van der Waals surface area contributed by atoms with Crippen LogP contribution >= 0.6 is 0 Å². The molecule has 5 nitrogen and oxygen atoms in total. The largest absolute Gasteiger partial charge is 0.462 e. The molecule has 31 heavy (non-hydrogen) atoms. The van der Waals surface area contributed by atoms with Crippen molar-refractivity contribution in [2.75, 3.05) is 6.61 Å². The maximum absolute atomic E-state index is 14.3. The Bertz CT molecular complexity index is 819. The lowest BCUT2D eigenvalue weighted by Crippen LogP contribution is -2.58. The van der Waals surface area contributed by atoms with Gasteiger partial charge in [0.05, 0.1) is 6.61 Å². The van der Waals surface area contributed by atoms with Crippen LogP contribution in [0.1, 0.15) is 71.1 Å². The van der Waals surface area contributed by atoms with E-state index in [1.807, 2.05) is 0 Å². The number of carbonyl (C=O) groups excluding carboxylic acids is 1. The lowest BCUT2D eigenvalue weighted by Gasteiger charge is -2.64. The van der Waals surface area contributed by atoms with Gasteiger partial charge in [-0.15, -0.1) is 0 Å². The van der Waals surface area contributed by atoms with Crippen molar-refractivity contribution in [2.24, 2.45) is 34.5 Å². The third kappa shape index (κ3) is 3.79. The molecule has 0 amide bonds. The second-order valence-corrected chi connectivity index (χ2v) is 12.4. The summed E-state index contributed by atoms with van der Waals surface area (Å²) in [5, 5.41) is -5.47. The van der Waals surface area contributed by atoms with Crippen LogP contribution in [0.15, 0.2) is 0 Å². The highest BCUT2D eigenvalue weighted by Gasteiger charge is 2.73. The molecule has 0 aromatic heterocycles. The average molecular weight is 471 g/mol.